The van der Waals surface area contributed by atoms with Crippen LogP contribution in [0.3, 0.4) is 0 Å². The van der Waals surface area contributed by atoms with Crippen molar-refractivity contribution in [3.63, 3.8) is 0 Å². The van der Waals surface area contributed by atoms with Crippen LogP contribution in [-0.4, -0.2) is 17.9 Å². The van der Waals surface area contributed by atoms with Crippen LogP contribution < -0.4 is 0 Å². The Kier molecular flexibility index (Phi) is 28.0. The number of hydrogen-bond acceptors (Lipinski definition) is 2. The minimum atomic E-state index is -0.670. The second-order valence-corrected chi connectivity index (χ2v) is 8.05. The van der Waals surface area contributed by atoms with Crippen molar-refractivity contribution in [3.8, 4) is 0 Å². The molecule has 0 radical (unpaired) electrons. The summed E-state index contributed by atoms with van der Waals surface area (Å²) in [5, 5.41) is 9.83. The Morgan fingerprint density at radius 2 is 1.67 bits per heavy atom. The van der Waals surface area contributed by atoms with Gasteiger partial charge in [-0.05, 0) is 6.42 Å². The van der Waals surface area contributed by atoms with Gasteiger partial charge in [-0.15, -0.1) is 0 Å². The summed E-state index contributed by atoms with van der Waals surface area (Å²) >= 11 is 0.0289. The molecule has 0 fully saturated rings. The molecule has 4 heteroatoms. The molecule has 1 N–H and O–H groups in total. The number of carbonyl (C=O) groups is 2. The number of carboxylic acid groups (broad SMARTS) is 1. The van der Waals surface area contributed by atoms with Crippen molar-refractivity contribution in [1.82, 2.24) is 0 Å². The molecule has 0 aromatic heterocycles. The van der Waals surface area contributed by atoms with Gasteiger partial charge in [0.05, 0.1) is 0 Å². The maximum atomic E-state index is 10.0. The number of aliphatic carboxylic acids is 1. The van der Waals surface area contributed by atoms with Gasteiger partial charge in [-0.25, -0.2) is 0 Å². The van der Waals surface area contributed by atoms with E-state index in [1.165, 1.54) is 19.3 Å². The molecule has 0 unspecified atom stereocenters. The molecule has 0 bridgehead atoms. The summed E-state index contributed by atoms with van der Waals surface area (Å²) in [7, 11) is 0. The average molecular weight is 312 g/mol. The molecule has 0 heterocycles. The molecule has 0 rings (SSSR count). The van der Waals surface area contributed by atoms with Crippen LogP contribution >= 0.6 is 0 Å². The van der Waals surface area contributed by atoms with E-state index < -0.39 is 5.97 Å². The summed E-state index contributed by atoms with van der Waals surface area (Å²) in [6.07, 6.45) is 5.88. The van der Waals surface area contributed by atoms with E-state index in [2.05, 4.69) is 26.3 Å². The first-order chi connectivity index (χ1) is 8.54. The Balaban J connectivity index is -0.000000241. The van der Waals surface area contributed by atoms with Gasteiger partial charge in [-0.3, -0.25) is 4.79 Å². The zero-order valence-corrected chi connectivity index (χ0v) is 15.7. The van der Waals surface area contributed by atoms with Crippen molar-refractivity contribution in [2.75, 3.05) is 0 Å². The fraction of sp³-hybridized carbons (Fsp3) is 0.857. The summed E-state index contributed by atoms with van der Waals surface area (Å²) in [5.74, 6) is 0.312. The number of unbranched alkanes of at least 4 members (excludes halogenated alkanes) is 4. The molecule has 18 heavy (non-hydrogen) atoms. The SMILES string of the molecule is C=O.CCCCCCCC(=O)O.[CH3][Zn][CH2]C(C)C. The van der Waals surface area contributed by atoms with Gasteiger partial charge < -0.3 is 9.90 Å². The molecule has 0 saturated heterocycles. The van der Waals surface area contributed by atoms with Gasteiger partial charge in [-0.2, -0.15) is 0 Å². The summed E-state index contributed by atoms with van der Waals surface area (Å²) in [6.45, 7) is 8.75. The molecule has 0 aliphatic heterocycles. The average Bonchev–Trinajstić information content (AvgIpc) is 2.31. The molecule has 0 aliphatic rings. The first kappa shape index (κ1) is 22.9. The maximum absolute atomic E-state index is 10.0. The van der Waals surface area contributed by atoms with Crippen LogP contribution in [0.25, 0.3) is 0 Å². The van der Waals surface area contributed by atoms with E-state index in [9.17, 15) is 4.79 Å². The Morgan fingerprint density at radius 3 is 1.94 bits per heavy atom. The monoisotopic (exact) mass is 310 g/mol. The molecule has 0 spiro atoms. The van der Waals surface area contributed by atoms with Crippen LogP contribution in [0.5, 0.6) is 0 Å². The summed E-state index contributed by atoms with van der Waals surface area (Å²) in [4.78, 5) is 18.0. The van der Waals surface area contributed by atoms with Crippen LogP contribution in [0.1, 0.15) is 59.3 Å². The van der Waals surface area contributed by atoms with Gasteiger partial charge in [0.25, 0.3) is 0 Å². The van der Waals surface area contributed by atoms with E-state index in [0.717, 1.165) is 18.8 Å². The van der Waals surface area contributed by atoms with Gasteiger partial charge in [0.1, 0.15) is 6.79 Å². The van der Waals surface area contributed by atoms with Gasteiger partial charge in [0.15, 0.2) is 0 Å². The molecule has 0 saturated carbocycles. The first-order valence-electron chi connectivity index (χ1n) is 7.05. The molecule has 0 aromatic rings. The second-order valence-electron chi connectivity index (χ2n) is 4.74. The number of carboxylic acids is 1. The van der Waals surface area contributed by atoms with E-state index in [0.29, 0.717) is 6.42 Å². The molecule has 0 aliphatic carbocycles. The van der Waals surface area contributed by atoms with E-state index >= 15 is 0 Å². The standard InChI is InChI=1S/C8H16O2.C4H9.CH2O.CH3.Zn/c1-2-3-4-5-6-7-8(9)10;1-4(2)3;1-2;;/h2-7H2,1H3,(H,9,10);4H,1H2,2-3H3;1H2;1H3;. The fourth-order valence-electron chi connectivity index (χ4n) is 1.46. The quantitative estimate of drug-likeness (QED) is 0.532. The van der Waals surface area contributed by atoms with Gasteiger partial charge in [-0.1, -0.05) is 32.6 Å². The molecule has 0 atom stereocenters. The second kappa shape index (κ2) is 22.0. The van der Waals surface area contributed by atoms with E-state index in [1.54, 1.807) is 5.02 Å². The summed E-state index contributed by atoms with van der Waals surface area (Å²) in [5.41, 5.74) is 2.41. The van der Waals surface area contributed by atoms with Crippen LogP contribution in [0.2, 0.25) is 10.5 Å². The Labute approximate surface area is 120 Å². The number of rotatable bonds is 8. The molecule has 0 amide bonds. The topological polar surface area (TPSA) is 54.4 Å². The first-order valence-corrected chi connectivity index (χ1v) is 12.1. The van der Waals surface area contributed by atoms with Crippen molar-refractivity contribution >= 4 is 12.8 Å². The molecule has 3 nitrogen and oxygen atoms in total. The van der Waals surface area contributed by atoms with Crippen molar-refractivity contribution in [2.45, 2.75) is 69.8 Å². The predicted octanol–water partition coefficient (Wildman–Crippen LogP) is 4.44. The van der Waals surface area contributed by atoms with Crippen LogP contribution in [-0.2, 0) is 26.7 Å². The molecular formula is C14H30O3Zn. The molecule has 106 valence electrons. The summed E-state index contributed by atoms with van der Waals surface area (Å²) in [6, 6.07) is 0. The number of hydrogen-bond donors (Lipinski definition) is 1. The van der Waals surface area contributed by atoms with E-state index in [4.69, 9.17) is 9.90 Å². The van der Waals surface area contributed by atoms with Crippen molar-refractivity contribution in [2.24, 2.45) is 5.92 Å². The zero-order chi connectivity index (χ0) is 14.8. The Bertz CT molecular complexity index is 161. The van der Waals surface area contributed by atoms with Crippen LogP contribution in [0.4, 0.5) is 0 Å². The van der Waals surface area contributed by atoms with Crippen molar-refractivity contribution in [3.05, 3.63) is 0 Å². The third kappa shape index (κ3) is 36.0. The Hall–Kier alpha value is -0.237. The summed E-state index contributed by atoms with van der Waals surface area (Å²) < 4.78 is 0. The van der Waals surface area contributed by atoms with Crippen LogP contribution in [0, 0.1) is 5.92 Å². The van der Waals surface area contributed by atoms with E-state index in [1.807, 2.05) is 6.79 Å². The van der Waals surface area contributed by atoms with E-state index in [-0.39, 0.29) is 17.1 Å². The third-order valence-corrected chi connectivity index (χ3v) is 5.99. The minimum absolute atomic E-state index is 0.0289. The van der Waals surface area contributed by atoms with Crippen LogP contribution in [0.15, 0.2) is 0 Å². The fourth-order valence-corrected chi connectivity index (χ4v) is 3.88. The van der Waals surface area contributed by atoms with Crippen molar-refractivity contribution < 1.29 is 31.8 Å². The molecular weight excluding hydrogens is 282 g/mol. The van der Waals surface area contributed by atoms with Gasteiger partial charge in [0.2, 0.25) is 0 Å². The molecule has 0 aromatic carbocycles. The normalized spacial score (nSPS) is 8.50. The third-order valence-electron chi connectivity index (χ3n) is 2.36. The predicted molar refractivity (Wildman–Crippen MR) is 73.6 cm³/mol. The number of carbonyl (C=O) groups excluding carboxylic acids is 1. The Morgan fingerprint density at radius 1 is 1.17 bits per heavy atom. The zero-order valence-electron chi connectivity index (χ0n) is 12.7. The van der Waals surface area contributed by atoms with Gasteiger partial charge >= 0.3 is 53.4 Å². The van der Waals surface area contributed by atoms with Gasteiger partial charge in [0, 0.05) is 6.42 Å². The van der Waals surface area contributed by atoms with Crippen molar-refractivity contribution in [1.29, 1.82) is 0 Å².